The number of aromatic nitrogens is 1. The molecule has 0 saturated carbocycles. The Balaban J connectivity index is 2.28. The fourth-order valence-electron chi connectivity index (χ4n) is 2.47. The zero-order valence-corrected chi connectivity index (χ0v) is 14.3. The number of thiocarbonyl (C=S) groups is 1. The minimum atomic E-state index is -0.276. The first-order valence-electron chi connectivity index (χ1n) is 7.15. The van der Waals surface area contributed by atoms with E-state index in [2.05, 4.69) is 30.7 Å². The predicted molar refractivity (Wildman–Crippen MR) is 92.7 cm³/mol. The molecule has 0 amide bonds. The van der Waals surface area contributed by atoms with E-state index >= 15 is 0 Å². The maximum absolute atomic E-state index is 12.7. The number of hydroxylamine groups is 1. The van der Waals surface area contributed by atoms with Crippen molar-refractivity contribution >= 4 is 34.5 Å². The molecule has 1 aromatic rings. The molecule has 1 fully saturated rings. The van der Waals surface area contributed by atoms with Crippen LogP contribution in [0.4, 0.5) is 0 Å². The fraction of sp³-hybridized carbons (Fsp3) is 0.533. The number of pyridine rings is 1. The zero-order valence-electron chi connectivity index (χ0n) is 12.7. The number of hydrogen-bond acceptors (Lipinski definition) is 4. The quantitative estimate of drug-likeness (QED) is 0.273. The second kappa shape index (κ2) is 6.75. The van der Waals surface area contributed by atoms with Gasteiger partial charge in [0.2, 0.25) is 0 Å². The van der Waals surface area contributed by atoms with Gasteiger partial charge >= 0.3 is 0 Å². The van der Waals surface area contributed by atoms with Gasteiger partial charge in [0.1, 0.15) is 9.07 Å². The van der Waals surface area contributed by atoms with Gasteiger partial charge in [-0.1, -0.05) is 37.3 Å². The minimum absolute atomic E-state index is 0.231. The molecule has 0 spiro atoms. The van der Waals surface area contributed by atoms with Crippen LogP contribution in [0.15, 0.2) is 24.5 Å². The smallest absolute Gasteiger partial charge is 0.254 e. The van der Waals surface area contributed by atoms with Crippen molar-refractivity contribution < 1.29 is 4.74 Å². The Kier molecular flexibility index (Phi) is 5.22. The molecule has 1 aromatic heterocycles. The Bertz CT molecular complexity index is 531. The third-order valence-corrected chi connectivity index (χ3v) is 5.09. The third kappa shape index (κ3) is 3.74. The second-order valence-corrected chi connectivity index (χ2v) is 7.96. The van der Waals surface area contributed by atoms with Gasteiger partial charge in [0.05, 0.1) is 5.56 Å². The summed E-state index contributed by atoms with van der Waals surface area (Å²) in [5.74, 6) is 0. The zero-order chi connectivity index (χ0) is 15.5. The first-order chi connectivity index (χ1) is 9.95. The van der Waals surface area contributed by atoms with Crippen molar-refractivity contribution in [1.82, 2.24) is 9.88 Å². The Hall–Kier alpha value is -1.14. The molecule has 21 heavy (non-hydrogen) atoms. The predicted octanol–water partition coefficient (Wildman–Crippen LogP) is 3.25. The van der Waals surface area contributed by atoms with Gasteiger partial charge < -0.3 is 5.21 Å². The van der Waals surface area contributed by atoms with Crippen LogP contribution in [0, 0.1) is 5.21 Å². The standard InChI is InChI=1S/C15H21N3OS2/c1-4-5-9-17-13(15(2,3)21-14(17)20)18(19)11-12-7-6-8-16-10-12/h6-8,10-11,13H,4-5,9H2,1-3H3/b18-11-/t13-/m1/s1. The topological polar surface area (TPSA) is 42.2 Å². The van der Waals surface area contributed by atoms with Crippen LogP contribution < -0.4 is 0 Å². The van der Waals surface area contributed by atoms with Crippen LogP contribution >= 0.6 is 24.0 Å². The summed E-state index contributed by atoms with van der Waals surface area (Å²) in [5.41, 5.74) is 0.807. The Morgan fingerprint density at radius 3 is 2.95 bits per heavy atom. The summed E-state index contributed by atoms with van der Waals surface area (Å²) in [6.07, 6.45) is 6.84. The van der Waals surface area contributed by atoms with E-state index in [0.29, 0.717) is 0 Å². The molecule has 2 rings (SSSR count). The van der Waals surface area contributed by atoms with E-state index in [0.717, 1.165) is 34.0 Å². The van der Waals surface area contributed by atoms with Crippen LogP contribution in [0.25, 0.3) is 0 Å². The van der Waals surface area contributed by atoms with Gasteiger partial charge in [-0.25, -0.2) is 0 Å². The molecule has 0 radical (unpaired) electrons. The van der Waals surface area contributed by atoms with E-state index in [-0.39, 0.29) is 10.9 Å². The van der Waals surface area contributed by atoms with Gasteiger partial charge in [0, 0.05) is 18.9 Å². The van der Waals surface area contributed by atoms with Crippen LogP contribution in [-0.4, -0.2) is 42.6 Å². The maximum Gasteiger partial charge on any atom is 0.254 e. The van der Waals surface area contributed by atoms with E-state index < -0.39 is 0 Å². The summed E-state index contributed by atoms with van der Waals surface area (Å²) in [6, 6.07) is 3.70. The summed E-state index contributed by atoms with van der Waals surface area (Å²) in [4.78, 5) is 6.10. The molecule has 0 bridgehead atoms. The molecule has 1 aliphatic heterocycles. The van der Waals surface area contributed by atoms with E-state index in [4.69, 9.17) is 12.2 Å². The molecule has 0 N–H and O–H groups in total. The molecule has 6 heteroatoms. The van der Waals surface area contributed by atoms with Gasteiger partial charge in [0.25, 0.3) is 6.17 Å². The highest BCUT2D eigenvalue weighted by Crippen LogP contribution is 2.41. The van der Waals surface area contributed by atoms with Crippen LogP contribution in [-0.2, 0) is 0 Å². The number of nitrogens with zero attached hydrogens (tertiary/aromatic N) is 3. The van der Waals surface area contributed by atoms with Crippen molar-refractivity contribution in [1.29, 1.82) is 0 Å². The second-order valence-electron chi connectivity index (χ2n) is 5.67. The summed E-state index contributed by atoms with van der Waals surface area (Å²) in [5, 5.41) is 12.7. The largest absolute Gasteiger partial charge is 0.622 e. The molecule has 2 heterocycles. The van der Waals surface area contributed by atoms with Gasteiger partial charge in [0.15, 0.2) is 6.21 Å². The molecule has 1 atom stereocenters. The van der Waals surface area contributed by atoms with Crippen molar-refractivity contribution in [2.24, 2.45) is 0 Å². The van der Waals surface area contributed by atoms with Crippen LogP contribution in [0.3, 0.4) is 0 Å². The molecular formula is C15H21N3OS2. The first kappa shape index (κ1) is 16.2. The summed E-state index contributed by atoms with van der Waals surface area (Å²) in [7, 11) is 0. The molecular weight excluding hydrogens is 302 g/mol. The van der Waals surface area contributed by atoms with Crippen molar-refractivity contribution in [2.45, 2.75) is 44.5 Å². The lowest BCUT2D eigenvalue weighted by Gasteiger charge is -2.29. The fourth-order valence-corrected chi connectivity index (χ4v) is 4.40. The van der Waals surface area contributed by atoms with Gasteiger partial charge in [-0.05, 0) is 32.4 Å². The maximum atomic E-state index is 12.7. The summed E-state index contributed by atoms with van der Waals surface area (Å²) >= 11 is 7.07. The van der Waals surface area contributed by atoms with E-state index in [1.807, 2.05) is 12.1 Å². The number of rotatable bonds is 5. The first-order valence-corrected chi connectivity index (χ1v) is 8.38. The average molecular weight is 323 g/mol. The van der Waals surface area contributed by atoms with Crippen LogP contribution in [0.1, 0.15) is 39.2 Å². The Morgan fingerprint density at radius 2 is 2.33 bits per heavy atom. The van der Waals surface area contributed by atoms with Crippen LogP contribution in [0.2, 0.25) is 0 Å². The number of hydrogen-bond donors (Lipinski definition) is 0. The van der Waals surface area contributed by atoms with Crippen molar-refractivity contribution in [2.75, 3.05) is 6.54 Å². The van der Waals surface area contributed by atoms with Crippen molar-refractivity contribution in [3.8, 4) is 0 Å². The summed E-state index contributed by atoms with van der Waals surface area (Å²) in [6.45, 7) is 7.12. The number of unbranched alkanes of at least 4 members (excludes halogenated alkanes) is 1. The number of thioether (sulfide) groups is 1. The molecule has 1 saturated heterocycles. The van der Waals surface area contributed by atoms with Crippen molar-refractivity contribution in [3.63, 3.8) is 0 Å². The Morgan fingerprint density at radius 1 is 1.57 bits per heavy atom. The highest BCUT2D eigenvalue weighted by atomic mass is 32.2. The minimum Gasteiger partial charge on any atom is -0.622 e. The monoisotopic (exact) mass is 323 g/mol. The van der Waals surface area contributed by atoms with Gasteiger partial charge in [-0.3, -0.25) is 9.88 Å². The lowest BCUT2D eigenvalue weighted by molar-refractivity contribution is -0.523. The SMILES string of the molecule is CCCCN1C(=S)SC(C)(C)[C@H]1/[N+]([O-])=C/c1cccnc1. The highest BCUT2D eigenvalue weighted by molar-refractivity contribution is 8.24. The Labute approximate surface area is 135 Å². The molecule has 0 unspecified atom stereocenters. The molecule has 1 aliphatic rings. The average Bonchev–Trinajstić information content (AvgIpc) is 2.66. The van der Waals surface area contributed by atoms with Gasteiger partial charge in [-0.2, -0.15) is 4.74 Å². The highest BCUT2D eigenvalue weighted by Gasteiger charge is 2.50. The molecule has 0 aliphatic carbocycles. The van der Waals surface area contributed by atoms with E-state index in [1.165, 1.54) is 0 Å². The lowest BCUT2D eigenvalue weighted by Crippen LogP contribution is -2.48. The summed E-state index contributed by atoms with van der Waals surface area (Å²) < 4.78 is 1.61. The van der Waals surface area contributed by atoms with Gasteiger partial charge in [-0.15, -0.1) is 0 Å². The van der Waals surface area contributed by atoms with E-state index in [9.17, 15) is 5.21 Å². The van der Waals surface area contributed by atoms with Crippen molar-refractivity contribution in [3.05, 3.63) is 35.3 Å². The van der Waals surface area contributed by atoms with E-state index in [1.54, 1.807) is 30.4 Å². The normalized spacial score (nSPS) is 21.9. The molecule has 114 valence electrons. The van der Waals surface area contributed by atoms with Crippen LogP contribution in [0.5, 0.6) is 0 Å². The third-order valence-electron chi connectivity index (χ3n) is 3.46. The molecule has 0 aromatic carbocycles. The molecule has 4 nitrogen and oxygen atoms in total. The lowest BCUT2D eigenvalue weighted by atomic mass is 10.1.